The maximum atomic E-state index is 12.0. The van der Waals surface area contributed by atoms with Crippen molar-refractivity contribution in [1.82, 2.24) is 14.7 Å². The van der Waals surface area contributed by atoms with Crippen LogP contribution in [0.5, 0.6) is 0 Å². The number of amides is 2. The van der Waals surface area contributed by atoms with E-state index in [-0.39, 0.29) is 17.2 Å². The molecule has 6 heteroatoms. The predicted molar refractivity (Wildman–Crippen MR) is 56.9 cm³/mol. The summed E-state index contributed by atoms with van der Waals surface area (Å²) < 4.78 is 1.43. The molecule has 1 saturated heterocycles. The van der Waals surface area contributed by atoms with E-state index >= 15 is 0 Å². The molecule has 1 aliphatic rings. The summed E-state index contributed by atoms with van der Waals surface area (Å²) in [5, 5.41) is 4.00. The molecule has 0 unspecified atom stereocenters. The van der Waals surface area contributed by atoms with E-state index in [1.807, 2.05) is 0 Å². The van der Waals surface area contributed by atoms with Crippen molar-refractivity contribution in [3.8, 4) is 0 Å². The average Bonchev–Trinajstić information content (AvgIpc) is 2.84. The van der Waals surface area contributed by atoms with E-state index in [0.717, 1.165) is 25.9 Å². The van der Waals surface area contributed by atoms with Crippen molar-refractivity contribution in [3.05, 3.63) is 17.5 Å². The second-order valence-electron chi connectivity index (χ2n) is 3.93. The number of hydrogen-bond donors (Lipinski definition) is 1. The van der Waals surface area contributed by atoms with Crippen LogP contribution in [0.2, 0.25) is 0 Å². The molecule has 1 aromatic heterocycles. The van der Waals surface area contributed by atoms with Gasteiger partial charge in [0.2, 0.25) is 0 Å². The molecule has 0 bridgehead atoms. The Bertz CT molecular complexity index is 432. The number of primary amides is 1. The van der Waals surface area contributed by atoms with E-state index in [4.69, 9.17) is 5.73 Å². The summed E-state index contributed by atoms with van der Waals surface area (Å²) >= 11 is 0. The monoisotopic (exact) mass is 222 g/mol. The number of nitrogens with zero attached hydrogens (tertiary/aromatic N) is 3. The fourth-order valence-electron chi connectivity index (χ4n) is 1.90. The van der Waals surface area contributed by atoms with Crippen LogP contribution >= 0.6 is 0 Å². The standard InChI is InChI=1S/C10H14N4O2/c1-13-6-7(9(11)15)8(12-13)10(16)14-4-2-3-5-14/h6H,2-5H2,1H3,(H2,11,15). The van der Waals surface area contributed by atoms with Crippen molar-refractivity contribution in [2.45, 2.75) is 12.8 Å². The lowest BCUT2D eigenvalue weighted by Crippen LogP contribution is -2.30. The number of aromatic nitrogens is 2. The Morgan fingerprint density at radius 3 is 2.56 bits per heavy atom. The summed E-state index contributed by atoms with van der Waals surface area (Å²) in [6.07, 6.45) is 3.49. The molecule has 0 atom stereocenters. The second-order valence-corrected chi connectivity index (χ2v) is 3.93. The lowest BCUT2D eigenvalue weighted by atomic mass is 10.2. The highest BCUT2D eigenvalue weighted by molar-refractivity contribution is 6.05. The summed E-state index contributed by atoms with van der Waals surface area (Å²) in [4.78, 5) is 24.9. The zero-order valence-electron chi connectivity index (χ0n) is 9.14. The van der Waals surface area contributed by atoms with Gasteiger partial charge in [-0.2, -0.15) is 5.10 Å². The largest absolute Gasteiger partial charge is 0.365 e. The predicted octanol–water partition coefficient (Wildman–Crippen LogP) is -0.245. The van der Waals surface area contributed by atoms with Gasteiger partial charge in [0.15, 0.2) is 5.69 Å². The molecular formula is C10H14N4O2. The number of carbonyl (C=O) groups excluding carboxylic acids is 2. The zero-order chi connectivity index (χ0) is 11.7. The molecule has 16 heavy (non-hydrogen) atoms. The Morgan fingerprint density at radius 2 is 2.00 bits per heavy atom. The summed E-state index contributed by atoms with van der Waals surface area (Å²) in [7, 11) is 1.66. The van der Waals surface area contributed by atoms with Crippen molar-refractivity contribution in [1.29, 1.82) is 0 Å². The summed E-state index contributed by atoms with van der Waals surface area (Å²) in [6, 6.07) is 0. The van der Waals surface area contributed by atoms with E-state index in [1.54, 1.807) is 11.9 Å². The van der Waals surface area contributed by atoms with Gasteiger partial charge in [0.1, 0.15) is 0 Å². The molecule has 2 N–H and O–H groups in total. The third-order valence-corrected chi connectivity index (χ3v) is 2.69. The van der Waals surface area contributed by atoms with Crippen LogP contribution in [0.3, 0.4) is 0 Å². The van der Waals surface area contributed by atoms with Crippen LogP contribution in [0.1, 0.15) is 33.7 Å². The van der Waals surface area contributed by atoms with Crippen LogP contribution in [-0.2, 0) is 7.05 Å². The molecular weight excluding hydrogens is 208 g/mol. The van der Waals surface area contributed by atoms with Gasteiger partial charge in [-0.15, -0.1) is 0 Å². The van der Waals surface area contributed by atoms with Crippen LogP contribution in [0, 0.1) is 0 Å². The third-order valence-electron chi connectivity index (χ3n) is 2.69. The SMILES string of the molecule is Cn1cc(C(N)=O)c(C(=O)N2CCCC2)n1. The Morgan fingerprint density at radius 1 is 1.38 bits per heavy atom. The van der Waals surface area contributed by atoms with Gasteiger partial charge in [0, 0.05) is 26.3 Å². The first-order valence-corrected chi connectivity index (χ1v) is 5.22. The van der Waals surface area contributed by atoms with Crippen molar-refractivity contribution < 1.29 is 9.59 Å². The fourth-order valence-corrected chi connectivity index (χ4v) is 1.90. The summed E-state index contributed by atoms with van der Waals surface area (Å²) in [5.74, 6) is -0.817. The molecule has 1 fully saturated rings. The molecule has 2 amide bonds. The van der Waals surface area contributed by atoms with E-state index in [2.05, 4.69) is 5.10 Å². The molecule has 0 radical (unpaired) electrons. The van der Waals surface area contributed by atoms with Gasteiger partial charge in [-0.1, -0.05) is 0 Å². The summed E-state index contributed by atoms with van der Waals surface area (Å²) in [6.45, 7) is 1.46. The smallest absolute Gasteiger partial charge is 0.275 e. The van der Waals surface area contributed by atoms with E-state index in [9.17, 15) is 9.59 Å². The number of nitrogens with two attached hydrogens (primary N) is 1. The van der Waals surface area contributed by atoms with Crippen LogP contribution in [0.4, 0.5) is 0 Å². The highest BCUT2D eigenvalue weighted by Crippen LogP contribution is 2.14. The number of aryl methyl sites for hydroxylation is 1. The molecule has 1 aliphatic heterocycles. The van der Waals surface area contributed by atoms with Crippen molar-refractivity contribution in [2.75, 3.05) is 13.1 Å². The van der Waals surface area contributed by atoms with Gasteiger partial charge in [0.05, 0.1) is 5.56 Å². The molecule has 1 aromatic rings. The molecule has 0 spiro atoms. The molecule has 2 rings (SSSR count). The minimum atomic E-state index is -0.615. The molecule has 0 aromatic carbocycles. The van der Waals surface area contributed by atoms with Gasteiger partial charge in [-0.25, -0.2) is 0 Å². The lowest BCUT2D eigenvalue weighted by Gasteiger charge is -2.13. The van der Waals surface area contributed by atoms with Gasteiger partial charge in [-0.05, 0) is 12.8 Å². The molecule has 2 heterocycles. The number of rotatable bonds is 2. The van der Waals surface area contributed by atoms with E-state index in [1.165, 1.54) is 10.9 Å². The Hall–Kier alpha value is -1.85. The molecule has 0 aliphatic carbocycles. The molecule has 0 saturated carbocycles. The lowest BCUT2D eigenvalue weighted by molar-refractivity contribution is 0.0780. The van der Waals surface area contributed by atoms with Crippen LogP contribution < -0.4 is 5.73 Å². The number of carbonyl (C=O) groups is 2. The Kier molecular flexibility index (Phi) is 2.64. The van der Waals surface area contributed by atoms with Crippen LogP contribution in [0.15, 0.2) is 6.20 Å². The maximum Gasteiger partial charge on any atom is 0.275 e. The average molecular weight is 222 g/mol. The number of likely N-dealkylation sites (tertiary alicyclic amines) is 1. The number of hydrogen-bond acceptors (Lipinski definition) is 3. The zero-order valence-corrected chi connectivity index (χ0v) is 9.14. The first kappa shape index (κ1) is 10.7. The van der Waals surface area contributed by atoms with Gasteiger partial charge in [0.25, 0.3) is 11.8 Å². The fraction of sp³-hybridized carbons (Fsp3) is 0.500. The normalized spacial score (nSPS) is 15.4. The van der Waals surface area contributed by atoms with E-state index < -0.39 is 5.91 Å². The minimum absolute atomic E-state index is 0.164. The van der Waals surface area contributed by atoms with E-state index in [0.29, 0.717) is 0 Å². The molecule has 86 valence electrons. The van der Waals surface area contributed by atoms with Crippen molar-refractivity contribution >= 4 is 11.8 Å². The molecule has 6 nitrogen and oxygen atoms in total. The van der Waals surface area contributed by atoms with Crippen molar-refractivity contribution in [3.63, 3.8) is 0 Å². The topological polar surface area (TPSA) is 81.2 Å². The first-order chi connectivity index (χ1) is 7.59. The van der Waals surface area contributed by atoms with Gasteiger partial charge >= 0.3 is 0 Å². The van der Waals surface area contributed by atoms with Gasteiger partial charge < -0.3 is 10.6 Å². The van der Waals surface area contributed by atoms with Crippen LogP contribution in [-0.4, -0.2) is 39.6 Å². The first-order valence-electron chi connectivity index (χ1n) is 5.22. The van der Waals surface area contributed by atoms with Gasteiger partial charge in [-0.3, -0.25) is 14.3 Å². The van der Waals surface area contributed by atoms with Crippen molar-refractivity contribution in [2.24, 2.45) is 12.8 Å². The van der Waals surface area contributed by atoms with Crippen LogP contribution in [0.25, 0.3) is 0 Å². The quantitative estimate of drug-likeness (QED) is 0.749. The Balaban J connectivity index is 2.31. The Labute approximate surface area is 93.0 Å². The highest BCUT2D eigenvalue weighted by atomic mass is 16.2. The maximum absolute atomic E-state index is 12.0. The second kappa shape index (κ2) is 3.96. The minimum Gasteiger partial charge on any atom is -0.365 e. The third kappa shape index (κ3) is 1.78. The summed E-state index contributed by atoms with van der Waals surface area (Å²) in [5.41, 5.74) is 5.56. The highest BCUT2D eigenvalue weighted by Gasteiger charge is 2.26.